The zero-order valence-corrected chi connectivity index (χ0v) is 12.8. The van der Waals surface area contributed by atoms with Crippen molar-refractivity contribution in [3.05, 3.63) is 58.1 Å². The maximum absolute atomic E-state index is 6.15. The maximum Gasteiger partial charge on any atom is 0.119 e. The van der Waals surface area contributed by atoms with Crippen LogP contribution in [0.25, 0.3) is 0 Å². The van der Waals surface area contributed by atoms with Gasteiger partial charge < -0.3 is 10.1 Å². The second-order valence-corrected chi connectivity index (χ2v) is 5.22. The number of hydrogen-bond donors (Lipinski definition) is 1. The van der Waals surface area contributed by atoms with Crippen LogP contribution in [0.15, 0.2) is 42.5 Å². The summed E-state index contributed by atoms with van der Waals surface area (Å²) in [6.45, 7) is 3.46. The molecule has 0 aromatic heterocycles. The van der Waals surface area contributed by atoms with Crippen molar-refractivity contribution < 1.29 is 4.74 Å². The molecule has 4 heteroatoms. The fourth-order valence-corrected chi connectivity index (χ4v) is 2.16. The van der Waals surface area contributed by atoms with E-state index in [-0.39, 0.29) is 0 Å². The lowest BCUT2D eigenvalue weighted by atomic mass is 10.2. The average molecular weight is 310 g/mol. The molecule has 0 saturated carbocycles. The number of benzene rings is 2. The van der Waals surface area contributed by atoms with Crippen LogP contribution in [0.5, 0.6) is 5.75 Å². The van der Waals surface area contributed by atoms with Crippen LogP contribution in [-0.2, 0) is 6.54 Å². The minimum Gasteiger partial charge on any atom is -0.494 e. The van der Waals surface area contributed by atoms with Crippen molar-refractivity contribution in [2.45, 2.75) is 19.9 Å². The van der Waals surface area contributed by atoms with Crippen molar-refractivity contribution in [1.29, 1.82) is 0 Å². The summed E-state index contributed by atoms with van der Waals surface area (Å²) in [7, 11) is 0. The summed E-state index contributed by atoms with van der Waals surface area (Å²) in [5.41, 5.74) is 2.00. The first-order valence-corrected chi connectivity index (χ1v) is 7.36. The normalized spacial score (nSPS) is 10.3. The van der Waals surface area contributed by atoms with Gasteiger partial charge in [0.2, 0.25) is 0 Å². The highest BCUT2D eigenvalue weighted by Crippen LogP contribution is 2.26. The zero-order chi connectivity index (χ0) is 14.4. The Labute approximate surface area is 129 Å². The van der Waals surface area contributed by atoms with E-state index in [1.165, 1.54) is 0 Å². The molecule has 0 aliphatic rings. The molecule has 0 unspecified atom stereocenters. The highest BCUT2D eigenvalue weighted by atomic mass is 35.5. The minimum atomic E-state index is 0.578. The SMILES string of the molecule is CCCOc1ccc(NCc2cccc(Cl)c2Cl)cc1. The molecule has 0 bridgehead atoms. The lowest BCUT2D eigenvalue weighted by Crippen LogP contribution is -2.00. The molecule has 2 aromatic carbocycles. The lowest BCUT2D eigenvalue weighted by molar-refractivity contribution is 0.317. The summed E-state index contributed by atoms with van der Waals surface area (Å²) in [4.78, 5) is 0. The van der Waals surface area contributed by atoms with E-state index in [1.54, 1.807) is 6.07 Å². The molecular weight excluding hydrogens is 293 g/mol. The van der Waals surface area contributed by atoms with Crippen molar-refractivity contribution in [2.24, 2.45) is 0 Å². The molecule has 1 N–H and O–H groups in total. The Morgan fingerprint density at radius 2 is 1.80 bits per heavy atom. The van der Waals surface area contributed by atoms with Gasteiger partial charge in [0.25, 0.3) is 0 Å². The molecule has 0 aliphatic heterocycles. The van der Waals surface area contributed by atoms with E-state index in [0.717, 1.165) is 30.0 Å². The summed E-state index contributed by atoms with van der Waals surface area (Å²) in [6, 6.07) is 13.5. The van der Waals surface area contributed by atoms with Crippen molar-refractivity contribution in [3.63, 3.8) is 0 Å². The smallest absolute Gasteiger partial charge is 0.119 e. The van der Waals surface area contributed by atoms with E-state index in [9.17, 15) is 0 Å². The number of anilines is 1. The van der Waals surface area contributed by atoms with Crippen LogP contribution < -0.4 is 10.1 Å². The Morgan fingerprint density at radius 3 is 2.50 bits per heavy atom. The summed E-state index contributed by atoms with van der Waals surface area (Å²) in [6.07, 6.45) is 1.01. The standard InChI is InChI=1S/C16H17Cl2NO/c1-2-10-20-14-8-6-13(7-9-14)19-11-12-4-3-5-15(17)16(12)18/h3-9,19H,2,10-11H2,1H3. The third-order valence-electron chi connectivity index (χ3n) is 2.84. The fourth-order valence-electron chi connectivity index (χ4n) is 1.77. The number of halogens is 2. The number of ether oxygens (including phenoxy) is 1. The largest absolute Gasteiger partial charge is 0.494 e. The van der Waals surface area contributed by atoms with Crippen LogP contribution in [0.2, 0.25) is 10.0 Å². The predicted molar refractivity (Wildman–Crippen MR) is 86.0 cm³/mol. The summed E-state index contributed by atoms with van der Waals surface area (Å²) in [5, 5.41) is 4.49. The van der Waals surface area contributed by atoms with Gasteiger partial charge in [0.05, 0.1) is 16.7 Å². The Hall–Kier alpha value is -1.38. The van der Waals surface area contributed by atoms with Gasteiger partial charge in [-0.25, -0.2) is 0 Å². The van der Waals surface area contributed by atoms with Crippen molar-refractivity contribution in [1.82, 2.24) is 0 Å². The number of hydrogen-bond acceptors (Lipinski definition) is 2. The van der Waals surface area contributed by atoms with Gasteiger partial charge in [-0.15, -0.1) is 0 Å². The molecule has 2 nitrogen and oxygen atoms in total. The number of rotatable bonds is 6. The third-order valence-corrected chi connectivity index (χ3v) is 3.70. The van der Waals surface area contributed by atoms with E-state index in [1.807, 2.05) is 36.4 Å². The van der Waals surface area contributed by atoms with Crippen LogP contribution >= 0.6 is 23.2 Å². The van der Waals surface area contributed by atoms with E-state index >= 15 is 0 Å². The molecule has 0 fully saturated rings. The molecule has 20 heavy (non-hydrogen) atoms. The molecule has 106 valence electrons. The minimum absolute atomic E-state index is 0.578. The van der Waals surface area contributed by atoms with Gasteiger partial charge in [-0.1, -0.05) is 42.3 Å². The average Bonchev–Trinajstić information content (AvgIpc) is 2.48. The highest BCUT2D eigenvalue weighted by Gasteiger charge is 2.04. The molecule has 0 atom stereocenters. The molecular formula is C16H17Cl2NO. The third kappa shape index (κ3) is 4.06. The first-order valence-electron chi connectivity index (χ1n) is 6.60. The second-order valence-electron chi connectivity index (χ2n) is 4.44. The molecule has 2 rings (SSSR count). The van der Waals surface area contributed by atoms with E-state index in [0.29, 0.717) is 16.6 Å². The Bertz CT molecular complexity index is 555. The molecule has 0 spiro atoms. The van der Waals surface area contributed by atoms with Crippen molar-refractivity contribution in [3.8, 4) is 5.75 Å². The molecule has 0 radical (unpaired) electrons. The zero-order valence-electron chi connectivity index (χ0n) is 11.3. The van der Waals surface area contributed by atoms with Gasteiger partial charge in [0.15, 0.2) is 0 Å². The predicted octanol–water partition coefficient (Wildman–Crippen LogP) is 5.39. The molecule has 0 aliphatic carbocycles. The summed E-state index contributed by atoms with van der Waals surface area (Å²) < 4.78 is 5.54. The molecule has 0 heterocycles. The highest BCUT2D eigenvalue weighted by molar-refractivity contribution is 6.42. The molecule has 0 amide bonds. The summed E-state index contributed by atoms with van der Waals surface area (Å²) in [5.74, 6) is 0.887. The van der Waals surface area contributed by atoms with Crippen molar-refractivity contribution >= 4 is 28.9 Å². The quantitative estimate of drug-likeness (QED) is 0.772. The topological polar surface area (TPSA) is 21.3 Å². The van der Waals surface area contributed by atoms with Gasteiger partial charge in [-0.05, 0) is 42.3 Å². The van der Waals surface area contributed by atoms with Gasteiger partial charge in [0, 0.05) is 12.2 Å². The van der Waals surface area contributed by atoms with E-state index in [2.05, 4.69) is 12.2 Å². The van der Waals surface area contributed by atoms with Gasteiger partial charge >= 0.3 is 0 Å². The number of nitrogens with one attached hydrogen (secondary N) is 1. The monoisotopic (exact) mass is 309 g/mol. The van der Waals surface area contributed by atoms with Gasteiger partial charge in [0.1, 0.15) is 5.75 Å². The van der Waals surface area contributed by atoms with Gasteiger partial charge in [-0.2, -0.15) is 0 Å². The van der Waals surface area contributed by atoms with Crippen molar-refractivity contribution in [2.75, 3.05) is 11.9 Å². The first kappa shape index (κ1) is 15.0. The Balaban J connectivity index is 1.95. The Kier molecular flexibility index (Phi) is 5.57. The maximum atomic E-state index is 6.15. The second kappa shape index (κ2) is 7.41. The molecule has 0 saturated heterocycles. The van der Waals surface area contributed by atoms with Crippen LogP contribution in [0, 0.1) is 0 Å². The summed E-state index contributed by atoms with van der Waals surface area (Å²) >= 11 is 12.1. The lowest BCUT2D eigenvalue weighted by Gasteiger charge is -2.10. The van der Waals surface area contributed by atoms with Crippen LogP contribution in [0.4, 0.5) is 5.69 Å². The van der Waals surface area contributed by atoms with Crippen LogP contribution in [0.3, 0.4) is 0 Å². The Morgan fingerprint density at radius 1 is 1.05 bits per heavy atom. The van der Waals surface area contributed by atoms with Gasteiger partial charge in [-0.3, -0.25) is 0 Å². The van der Waals surface area contributed by atoms with Crippen LogP contribution in [-0.4, -0.2) is 6.61 Å². The van der Waals surface area contributed by atoms with E-state index in [4.69, 9.17) is 27.9 Å². The fraction of sp³-hybridized carbons (Fsp3) is 0.250. The van der Waals surface area contributed by atoms with Crippen LogP contribution in [0.1, 0.15) is 18.9 Å². The molecule has 2 aromatic rings. The van der Waals surface area contributed by atoms with E-state index < -0.39 is 0 Å². The first-order chi connectivity index (χ1) is 9.70.